The average Bonchev–Trinajstić information content (AvgIpc) is 3.03. The Morgan fingerprint density at radius 2 is 1.86 bits per heavy atom. The number of aromatic nitrogens is 2. The second kappa shape index (κ2) is 9.27. The highest BCUT2D eigenvalue weighted by Crippen LogP contribution is 2.28. The van der Waals surface area contributed by atoms with Gasteiger partial charge in [-0.15, -0.1) is 0 Å². The lowest BCUT2D eigenvalue weighted by Gasteiger charge is -2.14. The molecule has 152 valence electrons. The van der Waals surface area contributed by atoms with Crippen molar-refractivity contribution in [1.82, 2.24) is 9.55 Å². The molecular formula is C23H27N3O2S. The van der Waals surface area contributed by atoms with Gasteiger partial charge in [0.25, 0.3) is 0 Å². The van der Waals surface area contributed by atoms with E-state index in [1.165, 1.54) is 18.7 Å². The Morgan fingerprint density at radius 1 is 1.10 bits per heavy atom. The predicted octanol–water partition coefficient (Wildman–Crippen LogP) is 5.40. The summed E-state index contributed by atoms with van der Waals surface area (Å²) < 4.78 is 2.21. The van der Waals surface area contributed by atoms with Gasteiger partial charge < -0.3 is 9.88 Å². The summed E-state index contributed by atoms with van der Waals surface area (Å²) in [5.74, 6) is 0.448. The maximum Gasteiger partial charge on any atom is 0.237 e. The molecule has 1 atom stereocenters. The molecule has 0 fully saturated rings. The third-order valence-electron chi connectivity index (χ3n) is 4.74. The topological polar surface area (TPSA) is 64.0 Å². The number of imidazole rings is 1. The molecule has 1 aromatic heterocycles. The van der Waals surface area contributed by atoms with E-state index in [9.17, 15) is 9.59 Å². The van der Waals surface area contributed by atoms with Crippen molar-refractivity contribution in [1.29, 1.82) is 0 Å². The van der Waals surface area contributed by atoms with Gasteiger partial charge in [-0.2, -0.15) is 0 Å². The summed E-state index contributed by atoms with van der Waals surface area (Å²) >= 11 is 1.46. The number of benzene rings is 2. The first-order valence-electron chi connectivity index (χ1n) is 9.89. The average molecular weight is 410 g/mol. The molecule has 1 heterocycles. The molecule has 0 spiro atoms. The second-order valence-electron chi connectivity index (χ2n) is 7.60. The van der Waals surface area contributed by atoms with Crippen molar-refractivity contribution in [3.63, 3.8) is 0 Å². The highest BCUT2D eigenvalue weighted by atomic mass is 32.2. The number of nitrogens with zero attached hydrogens (tertiary/aromatic N) is 2. The molecule has 2 aromatic carbocycles. The molecule has 0 bridgehead atoms. The number of nitrogens with one attached hydrogen (secondary N) is 1. The molecule has 0 unspecified atom stereocenters. The fraction of sp³-hybridized carbons (Fsp3) is 0.348. The number of hydrogen-bond donors (Lipinski definition) is 1. The van der Waals surface area contributed by atoms with Gasteiger partial charge in [-0.1, -0.05) is 49.9 Å². The molecule has 1 N–H and O–H groups in total. The number of amides is 1. The lowest BCUT2D eigenvalue weighted by atomic mass is 10.1. The highest BCUT2D eigenvalue weighted by molar-refractivity contribution is 8.00. The Hall–Kier alpha value is -2.60. The van der Waals surface area contributed by atoms with Crippen LogP contribution in [0.5, 0.6) is 0 Å². The van der Waals surface area contributed by atoms with Gasteiger partial charge in [0.05, 0.1) is 16.3 Å². The summed E-state index contributed by atoms with van der Waals surface area (Å²) in [6.45, 7) is 8.67. The zero-order chi connectivity index (χ0) is 21.0. The predicted molar refractivity (Wildman–Crippen MR) is 120 cm³/mol. The van der Waals surface area contributed by atoms with E-state index >= 15 is 0 Å². The number of ketones is 1. The fourth-order valence-electron chi connectivity index (χ4n) is 3.02. The summed E-state index contributed by atoms with van der Waals surface area (Å²) in [7, 11) is 0. The molecule has 0 saturated heterocycles. The maximum absolute atomic E-state index is 12.7. The van der Waals surface area contributed by atoms with E-state index in [-0.39, 0.29) is 16.9 Å². The van der Waals surface area contributed by atoms with Crippen molar-refractivity contribution in [3.8, 4) is 0 Å². The smallest absolute Gasteiger partial charge is 0.237 e. The number of para-hydroxylation sites is 2. The normalized spacial score (nSPS) is 12.3. The Balaban J connectivity index is 1.77. The molecule has 0 aliphatic heterocycles. The SMILES string of the molecule is CC(=O)c1cccc(NC(=O)[C@H](C)Sc2nc3ccccc3n2CCC(C)C)c1. The Morgan fingerprint density at radius 3 is 2.59 bits per heavy atom. The van der Waals surface area contributed by atoms with Gasteiger partial charge in [0, 0.05) is 17.8 Å². The molecule has 0 aliphatic carbocycles. The number of rotatable bonds is 8. The van der Waals surface area contributed by atoms with Crippen LogP contribution in [-0.4, -0.2) is 26.5 Å². The minimum atomic E-state index is -0.328. The number of hydrogen-bond acceptors (Lipinski definition) is 4. The van der Waals surface area contributed by atoms with Crippen LogP contribution >= 0.6 is 11.8 Å². The van der Waals surface area contributed by atoms with Crippen LogP contribution in [0.3, 0.4) is 0 Å². The van der Waals surface area contributed by atoms with E-state index in [1.54, 1.807) is 24.3 Å². The summed E-state index contributed by atoms with van der Waals surface area (Å²) in [5, 5.41) is 3.44. The minimum Gasteiger partial charge on any atom is -0.325 e. The zero-order valence-corrected chi connectivity index (χ0v) is 18.1. The van der Waals surface area contributed by atoms with Crippen LogP contribution in [0, 0.1) is 5.92 Å². The highest BCUT2D eigenvalue weighted by Gasteiger charge is 2.20. The lowest BCUT2D eigenvalue weighted by molar-refractivity contribution is -0.115. The van der Waals surface area contributed by atoms with Crippen LogP contribution in [0.4, 0.5) is 5.69 Å². The van der Waals surface area contributed by atoms with Crippen LogP contribution in [0.25, 0.3) is 11.0 Å². The first kappa shape index (κ1) is 21.1. The second-order valence-corrected chi connectivity index (χ2v) is 8.91. The molecular weight excluding hydrogens is 382 g/mol. The van der Waals surface area contributed by atoms with Gasteiger partial charge in [-0.25, -0.2) is 4.98 Å². The molecule has 3 rings (SSSR count). The van der Waals surface area contributed by atoms with Crippen molar-refractivity contribution in [2.45, 2.75) is 51.1 Å². The first-order valence-corrected chi connectivity index (χ1v) is 10.8. The lowest BCUT2D eigenvalue weighted by Crippen LogP contribution is -2.23. The summed E-state index contributed by atoms with van der Waals surface area (Å²) in [4.78, 5) is 29.1. The Kier molecular flexibility index (Phi) is 6.75. The third kappa shape index (κ3) is 5.26. The molecule has 0 radical (unpaired) electrons. The quantitative estimate of drug-likeness (QED) is 0.399. The fourth-order valence-corrected chi connectivity index (χ4v) is 3.97. The van der Waals surface area contributed by atoms with Gasteiger partial charge in [-0.3, -0.25) is 9.59 Å². The third-order valence-corrected chi connectivity index (χ3v) is 5.83. The number of Topliss-reactive ketones (excluding diaryl/α,β-unsaturated/α-hetero) is 1. The van der Waals surface area contributed by atoms with Crippen molar-refractivity contribution in [2.75, 3.05) is 5.32 Å². The van der Waals surface area contributed by atoms with E-state index in [4.69, 9.17) is 4.98 Å². The maximum atomic E-state index is 12.7. The van der Waals surface area contributed by atoms with Crippen LogP contribution in [0.15, 0.2) is 53.7 Å². The van der Waals surface area contributed by atoms with E-state index in [2.05, 4.69) is 29.8 Å². The number of carbonyl (C=O) groups excluding carboxylic acids is 2. The van der Waals surface area contributed by atoms with Crippen molar-refractivity contribution >= 4 is 40.2 Å². The van der Waals surface area contributed by atoms with Crippen molar-refractivity contribution in [3.05, 3.63) is 54.1 Å². The van der Waals surface area contributed by atoms with Gasteiger partial charge in [-0.05, 0) is 50.5 Å². The summed E-state index contributed by atoms with van der Waals surface area (Å²) in [6, 6.07) is 15.1. The zero-order valence-electron chi connectivity index (χ0n) is 17.3. The van der Waals surface area contributed by atoms with E-state index in [0.717, 1.165) is 29.2 Å². The van der Waals surface area contributed by atoms with Crippen LogP contribution in [0.2, 0.25) is 0 Å². The molecule has 0 aliphatic rings. The standard InChI is InChI=1S/C23H27N3O2S/c1-15(2)12-13-26-21-11-6-5-10-20(21)25-23(26)29-17(4)22(28)24-19-9-7-8-18(14-19)16(3)27/h5-11,14-15,17H,12-13H2,1-4H3,(H,24,28)/t17-/m0/s1. The number of aryl methyl sites for hydroxylation is 1. The first-order chi connectivity index (χ1) is 13.8. The molecule has 29 heavy (non-hydrogen) atoms. The number of carbonyl (C=O) groups is 2. The number of fused-ring (bicyclic) bond motifs is 1. The number of thioether (sulfide) groups is 1. The molecule has 5 nitrogen and oxygen atoms in total. The van der Waals surface area contributed by atoms with E-state index < -0.39 is 0 Å². The van der Waals surface area contributed by atoms with Gasteiger partial charge in [0.1, 0.15) is 0 Å². The largest absolute Gasteiger partial charge is 0.325 e. The van der Waals surface area contributed by atoms with Crippen LogP contribution in [-0.2, 0) is 11.3 Å². The summed E-state index contributed by atoms with van der Waals surface area (Å²) in [6.07, 6.45) is 1.05. The minimum absolute atomic E-state index is 0.0256. The van der Waals surface area contributed by atoms with E-state index in [1.807, 2.05) is 25.1 Å². The Labute approximate surface area is 175 Å². The number of anilines is 1. The van der Waals surface area contributed by atoms with Crippen LogP contribution in [0.1, 0.15) is 44.5 Å². The molecule has 0 saturated carbocycles. The van der Waals surface area contributed by atoms with Gasteiger partial charge in [0.2, 0.25) is 5.91 Å². The molecule has 6 heteroatoms. The van der Waals surface area contributed by atoms with Crippen LogP contribution < -0.4 is 5.32 Å². The van der Waals surface area contributed by atoms with Crippen molar-refractivity contribution < 1.29 is 9.59 Å². The van der Waals surface area contributed by atoms with Gasteiger partial charge in [0.15, 0.2) is 10.9 Å². The Bertz CT molecular complexity index is 1030. The molecule has 3 aromatic rings. The monoisotopic (exact) mass is 409 g/mol. The van der Waals surface area contributed by atoms with E-state index in [0.29, 0.717) is 17.2 Å². The molecule has 1 amide bonds. The summed E-state index contributed by atoms with van der Waals surface area (Å²) in [5.41, 5.74) is 3.25. The van der Waals surface area contributed by atoms with Gasteiger partial charge >= 0.3 is 0 Å². The van der Waals surface area contributed by atoms with Crippen molar-refractivity contribution in [2.24, 2.45) is 5.92 Å².